The summed E-state index contributed by atoms with van der Waals surface area (Å²) in [5.74, 6) is 0.819. The molecule has 1 spiro atoms. The first-order valence-corrected chi connectivity index (χ1v) is 12.7. The minimum Gasteiger partial charge on any atom is -0.378 e. The fourth-order valence-corrected chi connectivity index (χ4v) is 4.85. The summed E-state index contributed by atoms with van der Waals surface area (Å²) in [6, 6.07) is 0. The lowest BCUT2D eigenvalue weighted by atomic mass is 9.80. The molecule has 0 saturated carbocycles. The molecule has 3 saturated heterocycles. The lowest BCUT2D eigenvalue weighted by Gasteiger charge is -2.34. The standard InChI is InChI=1S/C28H42N6O/c1-6-26(33-16-18-35-19-17-33)9-8-23(2)27(20-24(3)31-14-13-29-5)32-25(4)34-15-11-28(22-34)10-7-12-30-21-28/h6,8-9,13-14,20,30H,1,4,7,10-12,15-19,21-22H2,2-3,5H3/b23-8+,24-20+,26-9+,29-13-,31-14-,32-27?. The molecule has 3 heterocycles. The van der Waals surface area contributed by atoms with Crippen molar-refractivity contribution >= 4 is 18.1 Å². The number of ether oxygens (including phenoxy) is 1. The van der Waals surface area contributed by atoms with E-state index in [2.05, 4.69) is 57.3 Å². The number of hydrogen-bond donors (Lipinski definition) is 1. The molecule has 7 heteroatoms. The quantitative estimate of drug-likeness (QED) is 0.402. The van der Waals surface area contributed by atoms with Crippen LogP contribution in [0.2, 0.25) is 0 Å². The van der Waals surface area contributed by atoms with Crippen molar-refractivity contribution in [3.8, 4) is 0 Å². The van der Waals surface area contributed by atoms with Crippen LogP contribution in [0.3, 0.4) is 0 Å². The molecule has 35 heavy (non-hydrogen) atoms. The van der Waals surface area contributed by atoms with Gasteiger partial charge in [-0.3, -0.25) is 9.98 Å². The number of allylic oxidation sites excluding steroid dienone is 6. The number of hydrogen-bond acceptors (Lipinski definition) is 7. The Kier molecular flexibility index (Phi) is 10.2. The Morgan fingerprint density at radius 3 is 2.54 bits per heavy atom. The van der Waals surface area contributed by atoms with Gasteiger partial charge in [0.15, 0.2) is 0 Å². The molecule has 190 valence electrons. The van der Waals surface area contributed by atoms with Gasteiger partial charge in [0.1, 0.15) is 5.82 Å². The van der Waals surface area contributed by atoms with E-state index in [4.69, 9.17) is 9.73 Å². The smallest absolute Gasteiger partial charge is 0.121 e. The van der Waals surface area contributed by atoms with E-state index in [1.807, 2.05) is 19.1 Å². The predicted molar refractivity (Wildman–Crippen MR) is 148 cm³/mol. The molecule has 0 aromatic rings. The number of likely N-dealkylation sites (tertiary alicyclic amines) is 1. The first-order valence-electron chi connectivity index (χ1n) is 12.7. The summed E-state index contributed by atoms with van der Waals surface area (Å²) < 4.78 is 5.49. The lowest BCUT2D eigenvalue weighted by molar-refractivity contribution is 0.0554. The average Bonchev–Trinajstić information content (AvgIpc) is 3.28. The summed E-state index contributed by atoms with van der Waals surface area (Å²) in [6.45, 7) is 19.9. The molecule has 0 aromatic heterocycles. The number of morpholine rings is 1. The summed E-state index contributed by atoms with van der Waals surface area (Å²) >= 11 is 0. The van der Waals surface area contributed by atoms with Gasteiger partial charge in [0, 0.05) is 69.0 Å². The van der Waals surface area contributed by atoms with Crippen molar-refractivity contribution in [2.45, 2.75) is 33.1 Å². The Hall–Kier alpha value is -2.77. The molecule has 1 N–H and O–H groups in total. The van der Waals surface area contributed by atoms with Gasteiger partial charge in [0.25, 0.3) is 0 Å². The van der Waals surface area contributed by atoms with Gasteiger partial charge in [0.05, 0.1) is 18.9 Å². The summed E-state index contributed by atoms with van der Waals surface area (Å²) in [5, 5.41) is 3.58. The van der Waals surface area contributed by atoms with Gasteiger partial charge < -0.3 is 19.9 Å². The van der Waals surface area contributed by atoms with Crippen LogP contribution in [0, 0.1) is 5.41 Å². The largest absolute Gasteiger partial charge is 0.378 e. The zero-order valence-corrected chi connectivity index (χ0v) is 21.8. The number of aliphatic imine (C=N–C) groups is 3. The Morgan fingerprint density at radius 2 is 1.86 bits per heavy atom. The predicted octanol–water partition coefficient (Wildman–Crippen LogP) is 4.00. The molecule has 3 fully saturated rings. The van der Waals surface area contributed by atoms with E-state index in [0.717, 1.165) is 81.0 Å². The van der Waals surface area contributed by atoms with Gasteiger partial charge in [-0.15, -0.1) is 0 Å². The molecule has 3 aliphatic heterocycles. The summed E-state index contributed by atoms with van der Waals surface area (Å²) in [5.41, 5.74) is 4.22. The fourth-order valence-electron chi connectivity index (χ4n) is 4.85. The van der Waals surface area contributed by atoms with Gasteiger partial charge in [-0.05, 0) is 63.5 Å². The third kappa shape index (κ3) is 7.87. The molecule has 0 amide bonds. The average molecular weight is 479 g/mol. The number of nitrogens with zero attached hydrogens (tertiary/aromatic N) is 5. The van der Waals surface area contributed by atoms with Crippen LogP contribution in [-0.2, 0) is 4.74 Å². The fraction of sp³-hybridized carbons (Fsp3) is 0.536. The molecule has 0 aliphatic carbocycles. The van der Waals surface area contributed by atoms with Crippen molar-refractivity contribution in [3.63, 3.8) is 0 Å². The SMILES string of the molecule is C=C/C(=C\C=C(/C)C(/C=C(C)/N=C\C=N/C)=NC(=C)N1CCC2(CCCNC2)C1)N1CCOCC1. The molecule has 0 aromatic carbocycles. The van der Waals surface area contributed by atoms with E-state index in [0.29, 0.717) is 5.41 Å². The molecule has 0 bridgehead atoms. The van der Waals surface area contributed by atoms with Crippen LogP contribution < -0.4 is 5.32 Å². The number of nitrogens with one attached hydrogen (secondary N) is 1. The zero-order chi connectivity index (χ0) is 25.1. The maximum Gasteiger partial charge on any atom is 0.121 e. The van der Waals surface area contributed by atoms with Crippen molar-refractivity contribution in [1.29, 1.82) is 0 Å². The van der Waals surface area contributed by atoms with Crippen LogP contribution in [0.25, 0.3) is 0 Å². The highest BCUT2D eigenvalue weighted by Crippen LogP contribution is 2.37. The molecule has 3 rings (SSSR count). The molecule has 0 radical (unpaired) electrons. The Bertz CT molecular complexity index is 927. The van der Waals surface area contributed by atoms with E-state index in [1.165, 1.54) is 19.3 Å². The van der Waals surface area contributed by atoms with Crippen LogP contribution in [0.4, 0.5) is 0 Å². The van der Waals surface area contributed by atoms with Crippen LogP contribution in [-0.4, -0.2) is 87.5 Å². The highest BCUT2D eigenvalue weighted by atomic mass is 16.5. The summed E-state index contributed by atoms with van der Waals surface area (Å²) in [4.78, 5) is 18.1. The first-order chi connectivity index (χ1) is 17.0. The second-order valence-electron chi connectivity index (χ2n) is 9.58. The maximum atomic E-state index is 5.49. The van der Waals surface area contributed by atoms with Crippen molar-refractivity contribution in [2.75, 3.05) is 59.5 Å². The topological polar surface area (TPSA) is 64.8 Å². The van der Waals surface area contributed by atoms with Gasteiger partial charge in [-0.2, -0.15) is 0 Å². The molecule has 1 atom stereocenters. The summed E-state index contributed by atoms with van der Waals surface area (Å²) in [7, 11) is 1.73. The van der Waals surface area contributed by atoms with Crippen LogP contribution in [0.5, 0.6) is 0 Å². The monoisotopic (exact) mass is 478 g/mol. The van der Waals surface area contributed by atoms with Gasteiger partial charge in [-0.1, -0.05) is 19.2 Å². The number of piperidine rings is 1. The minimum atomic E-state index is 0.358. The highest BCUT2D eigenvalue weighted by Gasteiger charge is 2.39. The van der Waals surface area contributed by atoms with Crippen molar-refractivity contribution in [3.05, 3.63) is 60.3 Å². The first kappa shape index (κ1) is 26.8. The van der Waals surface area contributed by atoms with E-state index in [1.54, 1.807) is 19.5 Å². The normalized spacial score (nSPS) is 25.3. The maximum absolute atomic E-state index is 5.49. The second kappa shape index (κ2) is 13.4. The van der Waals surface area contributed by atoms with Crippen molar-refractivity contribution < 1.29 is 4.74 Å². The van der Waals surface area contributed by atoms with E-state index >= 15 is 0 Å². The Labute approximate surface area is 211 Å². The van der Waals surface area contributed by atoms with Crippen LogP contribution >= 0.6 is 0 Å². The minimum absolute atomic E-state index is 0.358. The van der Waals surface area contributed by atoms with Gasteiger partial charge in [0.2, 0.25) is 0 Å². The Balaban J connectivity index is 1.83. The molecule has 1 unspecified atom stereocenters. The van der Waals surface area contributed by atoms with Gasteiger partial charge >= 0.3 is 0 Å². The number of rotatable bonds is 9. The van der Waals surface area contributed by atoms with E-state index < -0.39 is 0 Å². The zero-order valence-electron chi connectivity index (χ0n) is 21.8. The Morgan fingerprint density at radius 1 is 1.06 bits per heavy atom. The highest BCUT2D eigenvalue weighted by molar-refractivity contribution is 6.16. The van der Waals surface area contributed by atoms with Crippen LogP contribution in [0.15, 0.2) is 75.2 Å². The molecular formula is C28H42N6O. The molecular weight excluding hydrogens is 436 g/mol. The van der Waals surface area contributed by atoms with Crippen molar-refractivity contribution in [2.24, 2.45) is 20.4 Å². The third-order valence-electron chi connectivity index (χ3n) is 6.95. The third-order valence-corrected chi connectivity index (χ3v) is 6.95. The van der Waals surface area contributed by atoms with E-state index in [9.17, 15) is 0 Å². The lowest BCUT2D eigenvalue weighted by Crippen LogP contribution is -2.41. The van der Waals surface area contributed by atoms with E-state index in [-0.39, 0.29) is 0 Å². The molecule has 7 nitrogen and oxygen atoms in total. The van der Waals surface area contributed by atoms with Crippen LogP contribution in [0.1, 0.15) is 33.1 Å². The van der Waals surface area contributed by atoms with Gasteiger partial charge in [-0.25, -0.2) is 4.99 Å². The van der Waals surface area contributed by atoms with Crippen molar-refractivity contribution in [1.82, 2.24) is 15.1 Å². The second-order valence-corrected chi connectivity index (χ2v) is 9.58. The summed E-state index contributed by atoms with van der Waals surface area (Å²) in [6.07, 6.45) is 15.2. The molecule has 3 aliphatic rings.